The van der Waals surface area contributed by atoms with Gasteiger partial charge < -0.3 is 11.1 Å². The molecule has 1 amide bonds. The number of nitrogens with one attached hydrogen (secondary N) is 1. The zero-order valence-electron chi connectivity index (χ0n) is 12.7. The van der Waals surface area contributed by atoms with E-state index in [0.29, 0.717) is 11.4 Å². The van der Waals surface area contributed by atoms with Crippen LogP contribution in [0.3, 0.4) is 0 Å². The molecule has 0 aliphatic carbocycles. The molecule has 0 bridgehead atoms. The summed E-state index contributed by atoms with van der Waals surface area (Å²) in [6, 6.07) is 11.4. The predicted molar refractivity (Wildman–Crippen MR) is 86.1 cm³/mol. The number of nitrogens with zero attached hydrogens (tertiary/aromatic N) is 1. The molecule has 0 atom stereocenters. The van der Waals surface area contributed by atoms with Gasteiger partial charge in [0.15, 0.2) is 0 Å². The van der Waals surface area contributed by atoms with Gasteiger partial charge in [-0.25, -0.2) is 0 Å². The fourth-order valence-electron chi connectivity index (χ4n) is 1.96. The summed E-state index contributed by atoms with van der Waals surface area (Å²) < 4.78 is 0. The summed E-state index contributed by atoms with van der Waals surface area (Å²) in [6.07, 6.45) is 1.79. The maximum absolute atomic E-state index is 12.0. The van der Waals surface area contributed by atoms with Gasteiger partial charge in [0.2, 0.25) is 5.91 Å². The molecule has 110 valence electrons. The first-order valence-electron chi connectivity index (χ1n) is 6.95. The summed E-state index contributed by atoms with van der Waals surface area (Å²) in [4.78, 5) is 16.1. The van der Waals surface area contributed by atoms with E-state index in [2.05, 4.69) is 31.1 Å². The molecule has 3 N–H and O–H groups in total. The number of anilines is 2. The summed E-state index contributed by atoms with van der Waals surface area (Å²) in [6.45, 7) is 6.48. The summed E-state index contributed by atoms with van der Waals surface area (Å²) >= 11 is 0. The van der Waals surface area contributed by atoms with Crippen molar-refractivity contribution in [3.8, 4) is 0 Å². The van der Waals surface area contributed by atoms with Crippen molar-refractivity contribution in [2.24, 2.45) is 0 Å². The minimum atomic E-state index is -0.0872. The van der Waals surface area contributed by atoms with Crippen LogP contribution < -0.4 is 11.1 Å². The van der Waals surface area contributed by atoms with Crippen LogP contribution in [0.5, 0.6) is 0 Å². The van der Waals surface area contributed by atoms with E-state index in [1.807, 2.05) is 24.3 Å². The molecule has 21 heavy (non-hydrogen) atoms. The number of nitrogen functional groups attached to an aromatic ring is 1. The minimum Gasteiger partial charge on any atom is -0.397 e. The Morgan fingerprint density at radius 2 is 1.81 bits per heavy atom. The molecule has 1 aromatic heterocycles. The summed E-state index contributed by atoms with van der Waals surface area (Å²) in [7, 11) is 0. The first kappa shape index (κ1) is 15.0. The molecule has 2 rings (SSSR count). The number of nitrogens with two attached hydrogens (primary N) is 1. The van der Waals surface area contributed by atoms with Crippen molar-refractivity contribution in [1.29, 1.82) is 0 Å². The summed E-state index contributed by atoms with van der Waals surface area (Å²) in [5.41, 5.74) is 9.00. The molecule has 0 aliphatic heterocycles. The van der Waals surface area contributed by atoms with Crippen molar-refractivity contribution < 1.29 is 4.79 Å². The van der Waals surface area contributed by atoms with Crippen LogP contribution in [0.15, 0.2) is 42.6 Å². The van der Waals surface area contributed by atoms with Gasteiger partial charge in [0.25, 0.3) is 0 Å². The summed E-state index contributed by atoms with van der Waals surface area (Å²) in [5, 5.41) is 2.87. The van der Waals surface area contributed by atoms with E-state index in [0.717, 1.165) is 5.69 Å². The van der Waals surface area contributed by atoms with E-state index < -0.39 is 0 Å². The molecule has 0 spiro atoms. The Labute approximate surface area is 125 Å². The Hall–Kier alpha value is -2.36. The van der Waals surface area contributed by atoms with E-state index >= 15 is 0 Å². The van der Waals surface area contributed by atoms with Crippen LogP contribution in [0.25, 0.3) is 0 Å². The van der Waals surface area contributed by atoms with E-state index in [1.165, 1.54) is 5.56 Å². The molecule has 0 unspecified atom stereocenters. The predicted octanol–water partition coefficient (Wildman–Crippen LogP) is 3.14. The van der Waals surface area contributed by atoms with Crippen molar-refractivity contribution in [2.45, 2.75) is 32.6 Å². The number of pyridine rings is 1. The zero-order chi connectivity index (χ0) is 15.5. The highest BCUT2D eigenvalue weighted by molar-refractivity contribution is 5.92. The molecule has 1 aromatic carbocycles. The molecule has 0 radical (unpaired) electrons. The van der Waals surface area contributed by atoms with Gasteiger partial charge in [-0.2, -0.15) is 0 Å². The minimum absolute atomic E-state index is 0.0872. The third kappa shape index (κ3) is 4.31. The number of aromatic nitrogens is 1. The van der Waals surface area contributed by atoms with Gasteiger partial charge in [0.05, 0.1) is 18.3 Å². The van der Waals surface area contributed by atoms with Crippen LogP contribution >= 0.6 is 0 Å². The molecule has 1 heterocycles. The first-order chi connectivity index (χ1) is 9.84. The van der Waals surface area contributed by atoms with Gasteiger partial charge in [0, 0.05) is 11.4 Å². The zero-order valence-corrected chi connectivity index (χ0v) is 12.7. The van der Waals surface area contributed by atoms with Gasteiger partial charge in [-0.05, 0) is 35.2 Å². The van der Waals surface area contributed by atoms with E-state index in [4.69, 9.17) is 5.73 Å². The lowest BCUT2D eigenvalue weighted by atomic mass is 9.87. The molecule has 0 aliphatic rings. The molecule has 4 heteroatoms. The molecule has 0 saturated carbocycles. The van der Waals surface area contributed by atoms with Crippen molar-refractivity contribution >= 4 is 17.3 Å². The van der Waals surface area contributed by atoms with Crippen molar-refractivity contribution in [2.75, 3.05) is 11.1 Å². The largest absolute Gasteiger partial charge is 0.397 e. The number of rotatable bonds is 3. The van der Waals surface area contributed by atoms with Crippen molar-refractivity contribution in [3.63, 3.8) is 0 Å². The van der Waals surface area contributed by atoms with Crippen LogP contribution in [-0.2, 0) is 16.6 Å². The normalized spacial score (nSPS) is 11.2. The molecule has 2 aromatic rings. The van der Waals surface area contributed by atoms with Crippen LogP contribution in [-0.4, -0.2) is 10.9 Å². The Kier molecular flexibility index (Phi) is 4.26. The lowest BCUT2D eigenvalue weighted by Gasteiger charge is -2.19. The van der Waals surface area contributed by atoms with E-state index in [-0.39, 0.29) is 17.7 Å². The average Bonchev–Trinajstić information content (AvgIpc) is 2.41. The Bertz CT molecular complexity index is 610. The number of carbonyl (C=O) groups excluding carboxylic acids is 1. The lowest BCUT2D eigenvalue weighted by molar-refractivity contribution is -0.115. The van der Waals surface area contributed by atoms with Crippen LogP contribution in [0.4, 0.5) is 11.4 Å². The third-order valence-corrected chi connectivity index (χ3v) is 3.22. The Morgan fingerprint density at radius 1 is 1.14 bits per heavy atom. The van der Waals surface area contributed by atoms with Gasteiger partial charge in [-0.15, -0.1) is 0 Å². The fourth-order valence-corrected chi connectivity index (χ4v) is 1.96. The maximum Gasteiger partial charge on any atom is 0.230 e. The van der Waals surface area contributed by atoms with Gasteiger partial charge >= 0.3 is 0 Å². The third-order valence-electron chi connectivity index (χ3n) is 3.22. The van der Waals surface area contributed by atoms with Crippen molar-refractivity contribution in [1.82, 2.24) is 4.98 Å². The molecule has 0 fully saturated rings. The number of carbonyl (C=O) groups is 1. The van der Waals surface area contributed by atoms with Crippen LogP contribution in [0, 0.1) is 0 Å². The highest BCUT2D eigenvalue weighted by Gasteiger charge is 2.13. The SMILES string of the molecule is CC(C)(C)c1ccc(NC(=O)Cc2ccc(N)cn2)cc1. The molecule has 4 nitrogen and oxygen atoms in total. The maximum atomic E-state index is 12.0. The van der Waals surface area contributed by atoms with Gasteiger partial charge in [-0.3, -0.25) is 9.78 Å². The fraction of sp³-hybridized carbons (Fsp3) is 0.294. The standard InChI is InChI=1S/C17H21N3O/c1-17(2,3)12-4-7-14(8-5-12)20-16(21)10-15-9-6-13(18)11-19-15/h4-9,11H,10,18H2,1-3H3,(H,20,21). The molecular formula is C17H21N3O. The highest BCUT2D eigenvalue weighted by atomic mass is 16.1. The van der Waals surface area contributed by atoms with Crippen LogP contribution in [0.2, 0.25) is 0 Å². The highest BCUT2D eigenvalue weighted by Crippen LogP contribution is 2.23. The number of hydrogen-bond acceptors (Lipinski definition) is 3. The average molecular weight is 283 g/mol. The second-order valence-electron chi connectivity index (χ2n) is 6.14. The van der Waals surface area contributed by atoms with Gasteiger partial charge in [-0.1, -0.05) is 32.9 Å². The monoisotopic (exact) mass is 283 g/mol. The topological polar surface area (TPSA) is 68.0 Å². The van der Waals surface area contributed by atoms with E-state index in [1.54, 1.807) is 18.3 Å². The summed E-state index contributed by atoms with van der Waals surface area (Å²) in [5.74, 6) is -0.0872. The lowest BCUT2D eigenvalue weighted by Crippen LogP contribution is -2.16. The second-order valence-corrected chi connectivity index (χ2v) is 6.14. The molecular weight excluding hydrogens is 262 g/mol. The first-order valence-corrected chi connectivity index (χ1v) is 6.95. The molecule has 0 saturated heterocycles. The number of hydrogen-bond donors (Lipinski definition) is 2. The quantitative estimate of drug-likeness (QED) is 0.909. The Balaban J connectivity index is 1.98. The van der Waals surface area contributed by atoms with Crippen molar-refractivity contribution in [3.05, 3.63) is 53.9 Å². The second kappa shape index (κ2) is 5.95. The van der Waals surface area contributed by atoms with Gasteiger partial charge in [0.1, 0.15) is 0 Å². The Morgan fingerprint density at radius 3 is 2.33 bits per heavy atom. The number of amides is 1. The number of benzene rings is 1. The smallest absolute Gasteiger partial charge is 0.230 e. The van der Waals surface area contributed by atoms with Crippen LogP contribution in [0.1, 0.15) is 32.0 Å². The van der Waals surface area contributed by atoms with E-state index in [9.17, 15) is 4.79 Å².